The number of benzene rings is 1. The van der Waals surface area contributed by atoms with E-state index in [0.29, 0.717) is 23.5 Å². The third kappa shape index (κ3) is 2.51. The van der Waals surface area contributed by atoms with Crippen molar-refractivity contribution in [3.8, 4) is 5.75 Å². The highest BCUT2D eigenvalue weighted by Gasteiger charge is 2.07. The van der Waals surface area contributed by atoms with Crippen molar-refractivity contribution in [2.45, 2.75) is 25.2 Å². The average molecular weight is 210 g/mol. The Morgan fingerprint density at radius 2 is 2.14 bits per heavy atom. The summed E-state index contributed by atoms with van der Waals surface area (Å²) in [5.41, 5.74) is 0.666. The second-order valence-electron chi connectivity index (χ2n) is 2.89. The molecule has 0 saturated carbocycles. The molecular formula is C11H14O2S. The Bertz CT molecular complexity index is 334. The lowest BCUT2D eigenvalue weighted by molar-refractivity contribution is 0.0985. The number of ketones is 1. The van der Waals surface area contributed by atoms with Crippen LogP contribution in [0.15, 0.2) is 23.1 Å². The molecule has 0 fully saturated rings. The molecule has 0 bridgehead atoms. The van der Waals surface area contributed by atoms with Crippen molar-refractivity contribution in [3.05, 3.63) is 23.8 Å². The number of thiol groups is 1. The first-order valence-electron chi connectivity index (χ1n) is 4.68. The molecule has 0 heterocycles. The van der Waals surface area contributed by atoms with Crippen LogP contribution in [-0.2, 0) is 0 Å². The molecule has 0 atom stereocenters. The molecule has 0 N–H and O–H groups in total. The molecule has 2 nitrogen and oxygen atoms in total. The summed E-state index contributed by atoms with van der Waals surface area (Å²) in [5.74, 6) is 0.864. The van der Waals surface area contributed by atoms with E-state index in [4.69, 9.17) is 4.74 Å². The van der Waals surface area contributed by atoms with Crippen molar-refractivity contribution in [1.82, 2.24) is 0 Å². The summed E-state index contributed by atoms with van der Waals surface area (Å²) in [4.78, 5) is 12.1. The minimum absolute atomic E-state index is 0.109. The van der Waals surface area contributed by atoms with E-state index in [0.717, 1.165) is 5.75 Å². The number of Topliss-reactive ketones (excluding diaryl/α,β-unsaturated/α-hetero) is 1. The predicted molar refractivity (Wildman–Crippen MR) is 59.5 cm³/mol. The molecule has 3 heteroatoms. The number of carbonyl (C=O) groups excluding carboxylic acids is 1. The van der Waals surface area contributed by atoms with Crippen LogP contribution >= 0.6 is 12.6 Å². The van der Waals surface area contributed by atoms with Gasteiger partial charge in [0.25, 0.3) is 0 Å². The third-order valence-electron chi connectivity index (χ3n) is 1.90. The molecule has 76 valence electrons. The van der Waals surface area contributed by atoms with E-state index in [1.165, 1.54) is 0 Å². The highest BCUT2D eigenvalue weighted by Crippen LogP contribution is 2.22. The van der Waals surface area contributed by atoms with Gasteiger partial charge in [0.15, 0.2) is 5.78 Å². The van der Waals surface area contributed by atoms with Gasteiger partial charge in [-0.3, -0.25) is 4.79 Å². The maximum Gasteiger partial charge on any atom is 0.163 e. The average Bonchev–Trinajstić information content (AvgIpc) is 2.17. The molecule has 0 aliphatic heterocycles. The predicted octanol–water partition coefficient (Wildman–Crippen LogP) is 2.97. The van der Waals surface area contributed by atoms with Crippen LogP contribution in [-0.4, -0.2) is 12.4 Å². The Kier molecular flexibility index (Phi) is 4.01. The summed E-state index contributed by atoms with van der Waals surface area (Å²) < 4.78 is 5.29. The molecule has 0 aliphatic rings. The zero-order valence-electron chi connectivity index (χ0n) is 8.41. The Hall–Kier alpha value is -0.960. The Labute approximate surface area is 89.7 Å². The van der Waals surface area contributed by atoms with Gasteiger partial charge in [-0.1, -0.05) is 6.92 Å². The monoisotopic (exact) mass is 210 g/mol. The van der Waals surface area contributed by atoms with E-state index in [9.17, 15) is 4.79 Å². The van der Waals surface area contributed by atoms with Gasteiger partial charge in [0, 0.05) is 16.9 Å². The largest absolute Gasteiger partial charge is 0.494 e. The fraction of sp³-hybridized carbons (Fsp3) is 0.364. The van der Waals surface area contributed by atoms with Crippen molar-refractivity contribution in [2.75, 3.05) is 6.61 Å². The molecule has 1 aromatic rings. The minimum atomic E-state index is 0.109. The van der Waals surface area contributed by atoms with E-state index in [-0.39, 0.29) is 5.78 Å². The standard InChI is InChI=1S/C11H14O2S/c1-3-10(12)9-6-5-8(13-4-2)7-11(9)14/h5-7,14H,3-4H2,1-2H3. The van der Waals surface area contributed by atoms with E-state index < -0.39 is 0 Å². The lowest BCUT2D eigenvalue weighted by Crippen LogP contribution is -1.99. The zero-order chi connectivity index (χ0) is 10.6. The van der Waals surface area contributed by atoms with Crippen molar-refractivity contribution < 1.29 is 9.53 Å². The number of carbonyl (C=O) groups is 1. The Morgan fingerprint density at radius 3 is 2.64 bits per heavy atom. The zero-order valence-corrected chi connectivity index (χ0v) is 9.30. The van der Waals surface area contributed by atoms with Gasteiger partial charge in [0.1, 0.15) is 5.75 Å². The van der Waals surface area contributed by atoms with Gasteiger partial charge in [-0.05, 0) is 25.1 Å². The molecule has 1 rings (SSSR count). The first-order chi connectivity index (χ1) is 6.69. The quantitative estimate of drug-likeness (QED) is 0.611. The molecule has 14 heavy (non-hydrogen) atoms. The van der Waals surface area contributed by atoms with Gasteiger partial charge in [-0.25, -0.2) is 0 Å². The van der Waals surface area contributed by atoms with Crippen LogP contribution in [0.1, 0.15) is 30.6 Å². The summed E-state index contributed by atoms with van der Waals surface area (Å²) >= 11 is 4.25. The molecule has 0 saturated heterocycles. The summed E-state index contributed by atoms with van der Waals surface area (Å²) in [6, 6.07) is 5.33. The number of ether oxygens (including phenoxy) is 1. The fourth-order valence-corrected chi connectivity index (χ4v) is 1.52. The summed E-state index contributed by atoms with van der Waals surface area (Å²) in [6.07, 6.45) is 0.502. The van der Waals surface area contributed by atoms with E-state index >= 15 is 0 Å². The van der Waals surface area contributed by atoms with Gasteiger partial charge < -0.3 is 4.74 Å². The number of hydrogen-bond donors (Lipinski definition) is 1. The maximum absolute atomic E-state index is 11.4. The maximum atomic E-state index is 11.4. The van der Waals surface area contributed by atoms with Gasteiger partial charge in [0.2, 0.25) is 0 Å². The van der Waals surface area contributed by atoms with E-state index in [1.807, 2.05) is 13.8 Å². The van der Waals surface area contributed by atoms with Crippen LogP contribution in [0.4, 0.5) is 0 Å². The van der Waals surface area contributed by atoms with Crippen LogP contribution < -0.4 is 4.74 Å². The van der Waals surface area contributed by atoms with Crippen molar-refractivity contribution in [3.63, 3.8) is 0 Å². The molecule has 0 amide bonds. The van der Waals surface area contributed by atoms with Crippen molar-refractivity contribution in [1.29, 1.82) is 0 Å². The van der Waals surface area contributed by atoms with Gasteiger partial charge in [-0.2, -0.15) is 0 Å². The molecule has 0 radical (unpaired) electrons. The van der Waals surface area contributed by atoms with E-state index in [1.54, 1.807) is 18.2 Å². The third-order valence-corrected chi connectivity index (χ3v) is 2.27. The van der Waals surface area contributed by atoms with Crippen molar-refractivity contribution >= 4 is 18.4 Å². The topological polar surface area (TPSA) is 26.3 Å². The first kappa shape index (κ1) is 11.1. The molecule has 0 unspecified atom stereocenters. The fourth-order valence-electron chi connectivity index (χ4n) is 1.19. The summed E-state index contributed by atoms with van der Waals surface area (Å²) in [5, 5.41) is 0. The highest BCUT2D eigenvalue weighted by molar-refractivity contribution is 7.80. The SMILES string of the molecule is CCOc1ccc(C(=O)CC)c(S)c1. The highest BCUT2D eigenvalue weighted by atomic mass is 32.1. The molecule has 0 spiro atoms. The second-order valence-corrected chi connectivity index (χ2v) is 3.37. The molecule has 0 aliphatic carbocycles. The lowest BCUT2D eigenvalue weighted by atomic mass is 10.1. The Balaban J connectivity index is 2.95. The van der Waals surface area contributed by atoms with Crippen LogP contribution in [0.3, 0.4) is 0 Å². The Morgan fingerprint density at radius 1 is 1.43 bits per heavy atom. The second kappa shape index (κ2) is 5.05. The normalized spacial score (nSPS) is 9.93. The van der Waals surface area contributed by atoms with Crippen LogP contribution in [0, 0.1) is 0 Å². The van der Waals surface area contributed by atoms with E-state index in [2.05, 4.69) is 12.6 Å². The van der Waals surface area contributed by atoms with Crippen LogP contribution in [0.2, 0.25) is 0 Å². The first-order valence-corrected chi connectivity index (χ1v) is 5.12. The summed E-state index contributed by atoms with van der Waals surface area (Å²) in [7, 11) is 0. The smallest absolute Gasteiger partial charge is 0.163 e. The van der Waals surface area contributed by atoms with Crippen molar-refractivity contribution in [2.24, 2.45) is 0 Å². The van der Waals surface area contributed by atoms with Gasteiger partial charge in [-0.15, -0.1) is 12.6 Å². The number of rotatable bonds is 4. The van der Waals surface area contributed by atoms with Crippen LogP contribution in [0.25, 0.3) is 0 Å². The van der Waals surface area contributed by atoms with Gasteiger partial charge in [0.05, 0.1) is 6.61 Å². The lowest BCUT2D eigenvalue weighted by Gasteiger charge is -2.06. The molecule has 0 aromatic heterocycles. The van der Waals surface area contributed by atoms with Gasteiger partial charge >= 0.3 is 0 Å². The minimum Gasteiger partial charge on any atom is -0.494 e. The molecule has 1 aromatic carbocycles. The number of hydrogen-bond acceptors (Lipinski definition) is 3. The molecular weight excluding hydrogens is 196 g/mol. The van der Waals surface area contributed by atoms with Crippen LogP contribution in [0.5, 0.6) is 5.75 Å². The summed E-state index contributed by atoms with van der Waals surface area (Å²) in [6.45, 7) is 4.38.